The molecule has 2 N–H and O–H groups in total. The van der Waals surface area contributed by atoms with Gasteiger partial charge >= 0.3 is 12.2 Å². The fraction of sp³-hybridized carbons (Fsp3) is 0.522. The van der Waals surface area contributed by atoms with Crippen molar-refractivity contribution in [1.82, 2.24) is 29.9 Å². The zero-order chi connectivity index (χ0) is 43.9. The van der Waals surface area contributed by atoms with Crippen LogP contribution in [0.4, 0.5) is 29.3 Å². The molecule has 2 aliphatic carbocycles. The van der Waals surface area contributed by atoms with Gasteiger partial charge < -0.3 is 15.1 Å². The second-order valence-electron chi connectivity index (χ2n) is 18.2. The highest BCUT2D eigenvalue weighted by molar-refractivity contribution is 6.34. The number of benzene rings is 2. The van der Waals surface area contributed by atoms with E-state index in [1.165, 1.54) is 17.0 Å². The molecule has 0 unspecified atom stereocenters. The summed E-state index contributed by atoms with van der Waals surface area (Å²) in [6.45, 7) is 6.67. The lowest BCUT2D eigenvalue weighted by molar-refractivity contribution is -0.141. The van der Waals surface area contributed by atoms with Gasteiger partial charge in [0.05, 0.1) is 22.3 Å². The number of hydrogen-bond acceptors (Lipinski definition) is 7. The summed E-state index contributed by atoms with van der Waals surface area (Å²) in [4.78, 5) is 60.3. The number of anilines is 2. The maximum Gasteiger partial charge on any atom is 0.433 e. The molecule has 2 aliphatic heterocycles. The molecule has 4 aliphatic rings. The van der Waals surface area contributed by atoms with Crippen LogP contribution in [0.2, 0.25) is 5.02 Å². The largest absolute Gasteiger partial charge is 0.433 e. The highest BCUT2D eigenvalue weighted by atomic mass is 35.5. The van der Waals surface area contributed by atoms with Crippen molar-refractivity contribution in [3.05, 3.63) is 82.3 Å². The van der Waals surface area contributed by atoms with Crippen LogP contribution in [0.3, 0.4) is 0 Å². The number of rotatable bonds is 9. The summed E-state index contributed by atoms with van der Waals surface area (Å²) in [5, 5.41) is 11.3. The van der Waals surface area contributed by atoms with Crippen LogP contribution >= 0.6 is 11.6 Å². The molecule has 330 valence electrons. The van der Waals surface area contributed by atoms with Crippen LogP contribution < -0.4 is 15.5 Å². The molecular formula is C46H54ClF3N8O4. The molecule has 16 heteroatoms. The number of nitrogens with one attached hydrogen (secondary N) is 2. The van der Waals surface area contributed by atoms with Crippen LogP contribution in [0.5, 0.6) is 0 Å². The lowest BCUT2D eigenvalue weighted by atomic mass is 9.66. The van der Waals surface area contributed by atoms with Gasteiger partial charge in [0.2, 0.25) is 5.91 Å². The quantitative estimate of drug-likeness (QED) is 0.171. The molecule has 0 atom stereocenters. The van der Waals surface area contributed by atoms with Gasteiger partial charge in [0.1, 0.15) is 11.4 Å². The molecule has 4 fully saturated rings. The molecule has 2 aromatic carbocycles. The summed E-state index contributed by atoms with van der Waals surface area (Å²) in [6, 6.07) is 12.4. The van der Waals surface area contributed by atoms with Crippen LogP contribution in [0.15, 0.2) is 54.7 Å². The number of hydrogen-bond donors (Lipinski definition) is 2. The number of imide groups is 1. The second kappa shape index (κ2) is 17.6. The maximum absolute atomic E-state index is 13.6. The summed E-state index contributed by atoms with van der Waals surface area (Å²) in [7, 11) is 2.27. The standard InChI is InChI=1S/C46H54ClF3N8O4/c1-28(2)34-25-37-31(23-38(34)52-42(60)36-5-4-6-40(51-36)46(48,49)50)27-58(54-37)33-10-7-29(8-11-33)26-55(3)32-13-16-45(17-14-32)18-21-56(22-19-45)43(61)30-9-12-35(47)39(24-30)57-20-15-41(59)53-44(57)62/h4-6,9,12,23-25,27-29,32-33H,7-8,10-11,13-22,26H2,1-3H3,(H,52,60)(H,53,59,62)/t29-,33-. The van der Waals surface area contributed by atoms with Crippen molar-refractivity contribution in [2.75, 3.05) is 43.4 Å². The zero-order valence-corrected chi connectivity index (χ0v) is 36.2. The summed E-state index contributed by atoms with van der Waals surface area (Å²) in [6.07, 6.45) is 8.36. The minimum Gasteiger partial charge on any atom is -0.339 e. The highest BCUT2D eigenvalue weighted by Crippen LogP contribution is 2.46. The molecule has 8 rings (SSSR count). The van der Waals surface area contributed by atoms with Crippen LogP contribution in [0.25, 0.3) is 10.9 Å². The molecule has 5 amide bonds. The second-order valence-corrected chi connectivity index (χ2v) is 18.6. The van der Waals surface area contributed by atoms with Crippen molar-refractivity contribution in [2.24, 2.45) is 11.3 Å². The molecule has 0 bridgehead atoms. The van der Waals surface area contributed by atoms with E-state index in [2.05, 4.69) is 32.2 Å². The van der Waals surface area contributed by atoms with Crippen LogP contribution in [-0.4, -0.2) is 87.6 Å². The lowest BCUT2D eigenvalue weighted by Gasteiger charge is -2.47. The van der Waals surface area contributed by atoms with Gasteiger partial charge in [-0.15, -0.1) is 0 Å². The Balaban J connectivity index is 0.810. The molecule has 2 saturated heterocycles. The molecule has 4 heterocycles. The van der Waals surface area contributed by atoms with E-state index < -0.39 is 23.8 Å². The Hall–Kier alpha value is -5.02. The SMILES string of the molecule is CC(C)c1cc2nn([C@H]3CC[C@H](CN(C)C4CCC5(CC4)CCN(C(=O)c4ccc(Cl)c(N6CCC(=O)NC6=O)c4)CC5)CC3)cc2cc1NC(=O)c1cccc(C(F)(F)F)n1. The molecule has 2 aromatic heterocycles. The first kappa shape index (κ1) is 43.6. The molecule has 4 aromatic rings. The van der Waals surface area contributed by atoms with Crippen molar-refractivity contribution >= 4 is 57.6 Å². The number of likely N-dealkylation sites (tertiary alicyclic amines) is 1. The number of nitrogens with zero attached hydrogens (tertiary/aromatic N) is 6. The van der Waals surface area contributed by atoms with Crippen molar-refractivity contribution < 1.29 is 32.3 Å². The average Bonchev–Trinajstić information content (AvgIpc) is 3.67. The van der Waals surface area contributed by atoms with E-state index in [1.54, 1.807) is 18.2 Å². The van der Waals surface area contributed by atoms with Gasteiger partial charge in [0, 0.05) is 61.5 Å². The molecular weight excluding hydrogens is 821 g/mol. The first-order valence-corrected chi connectivity index (χ1v) is 22.2. The van der Waals surface area contributed by atoms with E-state index in [1.807, 2.05) is 37.1 Å². The third-order valence-corrected chi connectivity index (χ3v) is 14.2. The summed E-state index contributed by atoms with van der Waals surface area (Å²) in [5.74, 6) is -0.458. The Morgan fingerprint density at radius 3 is 2.37 bits per heavy atom. The topological polar surface area (TPSA) is 133 Å². The van der Waals surface area contributed by atoms with E-state index in [-0.39, 0.29) is 47.8 Å². The number of carbonyl (C=O) groups is 4. The van der Waals surface area contributed by atoms with Gasteiger partial charge in [-0.3, -0.25) is 29.3 Å². The van der Waals surface area contributed by atoms with E-state index >= 15 is 0 Å². The number of piperidine rings is 1. The van der Waals surface area contributed by atoms with Gasteiger partial charge in [0.15, 0.2) is 0 Å². The summed E-state index contributed by atoms with van der Waals surface area (Å²) >= 11 is 6.43. The van der Waals surface area contributed by atoms with Crippen molar-refractivity contribution in [2.45, 2.75) is 109 Å². The molecule has 62 heavy (non-hydrogen) atoms. The van der Waals surface area contributed by atoms with Crippen molar-refractivity contribution in [3.8, 4) is 0 Å². The van der Waals surface area contributed by atoms with Crippen molar-refractivity contribution in [1.29, 1.82) is 0 Å². The monoisotopic (exact) mass is 874 g/mol. The Bertz CT molecular complexity index is 2340. The maximum atomic E-state index is 13.6. The fourth-order valence-electron chi connectivity index (χ4n) is 10.1. The van der Waals surface area contributed by atoms with Gasteiger partial charge in [-0.2, -0.15) is 18.3 Å². The van der Waals surface area contributed by atoms with Crippen LogP contribution in [-0.2, 0) is 11.0 Å². The minimum atomic E-state index is -4.65. The Morgan fingerprint density at radius 1 is 0.968 bits per heavy atom. The number of pyridine rings is 1. The summed E-state index contributed by atoms with van der Waals surface area (Å²) in [5.41, 5.74) is 1.96. The van der Waals surface area contributed by atoms with Gasteiger partial charge in [0.25, 0.3) is 11.8 Å². The normalized spacial score (nSPS) is 21.2. The Kier molecular flexibility index (Phi) is 12.4. The van der Waals surface area contributed by atoms with Gasteiger partial charge in [-0.05, 0) is 137 Å². The fourth-order valence-corrected chi connectivity index (χ4v) is 10.3. The first-order chi connectivity index (χ1) is 29.6. The number of carbonyl (C=O) groups excluding carboxylic acids is 4. The van der Waals surface area contributed by atoms with Crippen molar-refractivity contribution in [3.63, 3.8) is 0 Å². The Labute approximate surface area is 364 Å². The number of halogens is 4. The summed E-state index contributed by atoms with van der Waals surface area (Å²) < 4.78 is 41.8. The third-order valence-electron chi connectivity index (χ3n) is 13.9. The van der Waals surface area contributed by atoms with Crippen LogP contribution in [0, 0.1) is 11.3 Å². The molecule has 1 spiro atoms. The van der Waals surface area contributed by atoms with Crippen LogP contribution in [0.1, 0.15) is 129 Å². The highest BCUT2D eigenvalue weighted by Gasteiger charge is 2.41. The number of fused-ring (bicyclic) bond motifs is 1. The smallest absolute Gasteiger partial charge is 0.339 e. The average molecular weight is 875 g/mol. The Morgan fingerprint density at radius 2 is 1.69 bits per heavy atom. The van der Waals surface area contributed by atoms with E-state index in [0.29, 0.717) is 47.0 Å². The van der Waals surface area contributed by atoms with Gasteiger partial charge in [-0.25, -0.2) is 9.78 Å². The molecule has 2 saturated carbocycles. The first-order valence-electron chi connectivity index (χ1n) is 21.8. The number of amides is 5. The van der Waals surface area contributed by atoms with E-state index in [9.17, 15) is 32.3 Å². The molecule has 0 radical (unpaired) electrons. The minimum absolute atomic E-state index is 0.0324. The number of urea groups is 1. The number of alkyl halides is 3. The van der Waals surface area contributed by atoms with E-state index in [4.69, 9.17) is 16.7 Å². The predicted molar refractivity (Wildman–Crippen MR) is 231 cm³/mol. The third kappa shape index (κ3) is 9.34. The zero-order valence-electron chi connectivity index (χ0n) is 35.4. The molecule has 12 nitrogen and oxygen atoms in total. The predicted octanol–water partition coefficient (Wildman–Crippen LogP) is 9.45. The van der Waals surface area contributed by atoms with E-state index in [0.717, 1.165) is 93.3 Å². The number of aromatic nitrogens is 3. The lowest BCUT2D eigenvalue weighted by Crippen LogP contribution is -2.49. The van der Waals surface area contributed by atoms with Gasteiger partial charge in [-0.1, -0.05) is 31.5 Å².